The van der Waals surface area contributed by atoms with Crippen molar-refractivity contribution >= 4 is 28.7 Å². The zero-order valence-electron chi connectivity index (χ0n) is 32.6. The van der Waals surface area contributed by atoms with Gasteiger partial charge in [-0.3, -0.25) is 9.79 Å². The van der Waals surface area contributed by atoms with Crippen LogP contribution in [0.2, 0.25) is 0 Å². The summed E-state index contributed by atoms with van der Waals surface area (Å²) in [5.41, 5.74) is 14.6. The average Bonchev–Trinajstić information content (AvgIpc) is 3.78. The Morgan fingerprint density at radius 3 is 1.73 bits per heavy atom. The van der Waals surface area contributed by atoms with Crippen LogP contribution in [0.4, 0.5) is 11.4 Å². The van der Waals surface area contributed by atoms with E-state index in [4.69, 9.17) is 9.73 Å². The molecule has 1 amide bonds. The number of amides is 1. The van der Waals surface area contributed by atoms with Gasteiger partial charge < -0.3 is 20.7 Å². The highest BCUT2D eigenvalue weighted by atomic mass is 16.5. The number of rotatable bonds is 9. The van der Waals surface area contributed by atoms with Crippen molar-refractivity contribution in [1.29, 1.82) is 0 Å². The van der Waals surface area contributed by atoms with Crippen LogP contribution in [0.3, 0.4) is 0 Å². The molecule has 288 valence electrons. The molecule has 0 saturated carbocycles. The Bertz CT molecular complexity index is 2860. The minimum absolute atomic E-state index is 0.171. The van der Waals surface area contributed by atoms with Gasteiger partial charge in [0.2, 0.25) is 0 Å². The first kappa shape index (κ1) is 36.4. The van der Waals surface area contributed by atoms with E-state index in [0.717, 1.165) is 78.5 Å². The monoisotopic (exact) mass is 776 g/mol. The van der Waals surface area contributed by atoms with Crippen LogP contribution in [-0.4, -0.2) is 11.6 Å². The molecule has 10 rings (SSSR count). The third-order valence-corrected chi connectivity index (χ3v) is 11.0. The number of para-hydroxylation sites is 1. The van der Waals surface area contributed by atoms with Crippen LogP contribution < -0.4 is 20.7 Å². The third kappa shape index (κ3) is 7.46. The van der Waals surface area contributed by atoms with Gasteiger partial charge in [0.15, 0.2) is 6.23 Å². The lowest BCUT2D eigenvalue weighted by atomic mass is 9.94. The van der Waals surface area contributed by atoms with E-state index in [9.17, 15) is 4.79 Å². The van der Waals surface area contributed by atoms with Crippen molar-refractivity contribution < 1.29 is 9.53 Å². The Labute approximate surface area is 349 Å². The minimum atomic E-state index is -0.322. The molecule has 8 aromatic rings. The highest BCUT2D eigenvalue weighted by molar-refractivity contribution is 6.13. The predicted octanol–water partition coefficient (Wildman–Crippen LogP) is 12.6. The van der Waals surface area contributed by atoms with Gasteiger partial charge in [0, 0.05) is 33.6 Å². The first-order valence-corrected chi connectivity index (χ1v) is 20.1. The Kier molecular flexibility index (Phi) is 9.78. The highest BCUT2D eigenvalue weighted by Gasteiger charge is 2.27. The minimum Gasteiger partial charge on any atom is -0.464 e. The Morgan fingerprint density at radius 1 is 0.500 bits per heavy atom. The second kappa shape index (κ2) is 16.1. The average molecular weight is 777 g/mol. The molecule has 0 fully saturated rings. The molecule has 3 N–H and O–H groups in total. The number of allylic oxidation sites excluding steroid dienone is 1. The molecule has 2 aliphatic rings. The van der Waals surface area contributed by atoms with E-state index in [0.29, 0.717) is 11.3 Å². The van der Waals surface area contributed by atoms with Gasteiger partial charge in [0.05, 0.1) is 11.4 Å². The molecule has 0 saturated heterocycles. The number of anilines is 2. The molecule has 2 heterocycles. The first-order chi connectivity index (χ1) is 29.6. The van der Waals surface area contributed by atoms with Crippen molar-refractivity contribution in [2.75, 3.05) is 10.6 Å². The summed E-state index contributed by atoms with van der Waals surface area (Å²) >= 11 is 0. The lowest BCUT2D eigenvalue weighted by Crippen LogP contribution is -2.24. The van der Waals surface area contributed by atoms with Crippen LogP contribution in [0.25, 0.3) is 39.1 Å². The van der Waals surface area contributed by atoms with Crippen molar-refractivity contribution in [3.8, 4) is 39.1 Å². The van der Waals surface area contributed by atoms with Gasteiger partial charge in [0.25, 0.3) is 5.91 Å². The van der Waals surface area contributed by atoms with E-state index in [2.05, 4.69) is 137 Å². The van der Waals surface area contributed by atoms with Crippen molar-refractivity contribution in [1.82, 2.24) is 5.32 Å². The van der Waals surface area contributed by atoms with E-state index in [1.54, 1.807) is 0 Å². The molecule has 2 unspecified atom stereocenters. The van der Waals surface area contributed by atoms with E-state index in [1.807, 2.05) is 91.0 Å². The van der Waals surface area contributed by atoms with Crippen molar-refractivity contribution in [3.05, 3.63) is 240 Å². The molecule has 8 aromatic carbocycles. The van der Waals surface area contributed by atoms with Gasteiger partial charge in [0.1, 0.15) is 11.9 Å². The summed E-state index contributed by atoms with van der Waals surface area (Å²) in [5, 5.41) is 10.5. The standard InChI is InChI=1S/C54H40N4O2/c59-53(42-18-9-3-10-19-42)57-47-33-32-44(34-46(47)45-22-13-23-50-51(45)58-54(60-50)43-20-11-4-12-21-43)38-26-24-36(25-27-38)37-28-30-40(31-29-37)49-35-48(39-14-5-1-6-15-39)55-52(56-49)41-16-7-2-8-17-41/h1-35,52,54,56,58H,(H,57,59). The van der Waals surface area contributed by atoms with Crippen LogP contribution in [0.1, 0.15) is 45.0 Å². The maximum absolute atomic E-state index is 13.5. The second-order valence-corrected chi connectivity index (χ2v) is 14.9. The molecule has 0 spiro atoms. The Hall–Kier alpha value is -7.96. The zero-order valence-corrected chi connectivity index (χ0v) is 32.6. The van der Waals surface area contributed by atoms with Crippen LogP contribution in [0.5, 0.6) is 5.75 Å². The van der Waals surface area contributed by atoms with Crippen LogP contribution in [0, 0.1) is 0 Å². The summed E-state index contributed by atoms with van der Waals surface area (Å²) in [6.45, 7) is 0. The topological polar surface area (TPSA) is 74.8 Å². The summed E-state index contributed by atoms with van der Waals surface area (Å²) < 4.78 is 6.39. The fraction of sp³-hybridized carbons (Fsp3) is 0.0370. The van der Waals surface area contributed by atoms with Crippen LogP contribution >= 0.6 is 0 Å². The largest absolute Gasteiger partial charge is 0.464 e. The molecule has 6 nitrogen and oxygen atoms in total. The second-order valence-electron chi connectivity index (χ2n) is 14.9. The number of fused-ring (bicyclic) bond motifs is 1. The number of aliphatic imine (C=N–C) groups is 1. The summed E-state index contributed by atoms with van der Waals surface area (Å²) in [7, 11) is 0. The van der Waals surface area contributed by atoms with Crippen molar-refractivity contribution in [2.45, 2.75) is 12.4 Å². The quantitative estimate of drug-likeness (QED) is 0.136. The van der Waals surface area contributed by atoms with Crippen LogP contribution in [0.15, 0.2) is 217 Å². The molecule has 0 aliphatic carbocycles. The molecule has 2 atom stereocenters. The number of carbonyl (C=O) groups excluding carboxylic acids is 1. The maximum atomic E-state index is 13.5. The summed E-state index contributed by atoms with van der Waals surface area (Å²) in [6.07, 6.45) is 1.62. The molecular weight excluding hydrogens is 737 g/mol. The third-order valence-electron chi connectivity index (χ3n) is 11.0. The maximum Gasteiger partial charge on any atom is 0.255 e. The lowest BCUT2D eigenvalue weighted by Gasteiger charge is -2.25. The van der Waals surface area contributed by atoms with Gasteiger partial charge in [-0.15, -0.1) is 0 Å². The van der Waals surface area contributed by atoms with Crippen molar-refractivity contribution in [3.63, 3.8) is 0 Å². The molecule has 0 radical (unpaired) electrons. The fourth-order valence-electron chi connectivity index (χ4n) is 7.87. The summed E-state index contributed by atoms with van der Waals surface area (Å²) in [4.78, 5) is 18.6. The number of hydrogen-bond acceptors (Lipinski definition) is 5. The number of nitrogens with one attached hydrogen (secondary N) is 3. The number of hydrogen-bond donors (Lipinski definition) is 3. The molecule has 6 heteroatoms. The molecule has 0 aromatic heterocycles. The van der Waals surface area contributed by atoms with Crippen molar-refractivity contribution in [2.24, 2.45) is 4.99 Å². The number of nitrogens with zero attached hydrogens (tertiary/aromatic N) is 1. The van der Waals surface area contributed by atoms with E-state index >= 15 is 0 Å². The van der Waals surface area contributed by atoms with Gasteiger partial charge in [-0.25, -0.2) is 0 Å². The van der Waals surface area contributed by atoms with E-state index < -0.39 is 0 Å². The zero-order chi connectivity index (χ0) is 40.3. The lowest BCUT2D eigenvalue weighted by molar-refractivity contribution is 0.102. The van der Waals surface area contributed by atoms with Gasteiger partial charge >= 0.3 is 0 Å². The Balaban J connectivity index is 0.941. The smallest absolute Gasteiger partial charge is 0.255 e. The van der Waals surface area contributed by atoms with Gasteiger partial charge in [-0.05, 0) is 75.4 Å². The molecule has 2 aliphatic heterocycles. The SMILES string of the molecule is O=C(Nc1ccc(-c2ccc(-c3ccc(C4=CC(c5ccccc5)=NC(c5ccccc5)N4)cc3)cc2)cc1-c1cccc2c1NC(c1ccccc1)O2)c1ccccc1. The van der Waals surface area contributed by atoms with Gasteiger partial charge in [-0.2, -0.15) is 0 Å². The fourth-order valence-corrected chi connectivity index (χ4v) is 7.87. The highest BCUT2D eigenvalue weighted by Crippen LogP contribution is 2.47. The Morgan fingerprint density at radius 2 is 1.07 bits per heavy atom. The first-order valence-electron chi connectivity index (χ1n) is 20.1. The molecule has 60 heavy (non-hydrogen) atoms. The van der Waals surface area contributed by atoms with Gasteiger partial charge in [-0.1, -0.05) is 176 Å². The van der Waals surface area contributed by atoms with E-state index in [1.165, 1.54) is 0 Å². The summed E-state index contributed by atoms with van der Waals surface area (Å²) in [6, 6.07) is 69.7. The number of benzene rings is 8. The van der Waals surface area contributed by atoms with Crippen LogP contribution in [-0.2, 0) is 0 Å². The predicted molar refractivity (Wildman–Crippen MR) is 244 cm³/mol. The normalized spacial score (nSPS) is 15.3. The van der Waals surface area contributed by atoms with E-state index in [-0.39, 0.29) is 18.3 Å². The molecule has 0 bridgehead atoms. The summed E-state index contributed by atoms with van der Waals surface area (Å²) in [5.74, 6) is 0.592. The molecular formula is C54H40N4O2. The number of carbonyl (C=O) groups is 1. The number of ether oxygens (including phenoxy) is 1.